The van der Waals surface area contributed by atoms with Gasteiger partial charge >= 0.3 is 0 Å². The number of nitrogens with one attached hydrogen (secondary N) is 1. The Morgan fingerprint density at radius 2 is 1.58 bits per heavy atom. The number of hydrogen-bond donors (Lipinski definition) is 1. The van der Waals surface area contributed by atoms with Crippen LogP contribution in [-0.4, -0.2) is 6.54 Å². The van der Waals surface area contributed by atoms with Crippen LogP contribution in [0.25, 0.3) is 0 Å². The van der Waals surface area contributed by atoms with Gasteiger partial charge in [0.2, 0.25) is 0 Å². The number of piperidine rings is 1. The minimum Gasteiger partial charge on any atom is -0.306 e. The molecule has 19 heavy (non-hydrogen) atoms. The van der Waals surface area contributed by atoms with E-state index < -0.39 is 0 Å². The van der Waals surface area contributed by atoms with Crippen LogP contribution in [0.3, 0.4) is 0 Å². The van der Waals surface area contributed by atoms with E-state index in [1.54, 1.807) is 5.57 Å². The molecule has 0 aromatic heterocycles. The van der Waals surface area contributed by atoms with Gasteiger partial charge in [-0.3, -0.25) is 0 Å². The first-order valence-corrected chi connectivity index (χ1v) is 7.37. The Labute approximate surface area is 116 Å². The fourth-order valence-electron chi connectivity index (χ4n) is 3.47. The minimum atomic E-state index is 0.390. The summed E-state index contributed by atoms with van der Waals surface area (Å²) in [6, 6.07) is 7.30. The molecule has 1 N–H and O–H groups in total. The van der Waals surface area contributed by atoms with Gasteiger partial charge in [-0.25, -0.2) is 0 Å². The maximum Gasteiger partial charge on any atom is 0.0576 e. The van der Waals surface area contributed by atoms with Gasteiger partial charge < -0.3 is 5.32 Å². The van der Waals surface area contributed by atoms with E-state index in [9.17, 15) is 0 Å². The van der Waals surface area contributed by atoms with Crippen LogP contribution >= 0.6 is 0 Å². The second-order valence-electron chi connectivity index (χ2n) is 6.06. The van der Waals surface area contributed by atoms with Crippen LogP contribution < -0.4 is 5.32 Å². The highest BCUT2D eigenvalue weighted by molar-refractivity contribution is 5.46. The second kappa shape index (κ2) is 4.97. The van der Waals surface area contributed by atoms with Crippen molar-refractivity contribution in [2.75, 3.05) is 6.54 Å². The summed E-state index contributed by atoms with van der Waals surface area (Å²) in [5.74, 6) is 0.647. The van der Waals surface area contributed by atoms with Crippen LogP contribution in [0.5, 0.6) is 0 Å². The second-order valence-corrected chi connectivity index (χ2v) is 6.06. The highest BCUT2D eigenvalue weighted by atomic mass is 14.9. The van der Waals surface area contributed by atoms with Gasteiger partial charge in [-0.15, -0.1) is 0 Å². The molecule has 2 aliphatic rings. The van der Waals surface area contributed by atoms with Gasteiger partial charge in [0.25, 0.3) is 0 Å². The van der Waals surface area contributed by atoms with Crippen LogP contribution in [0.1, 0.15) is 42.5 Å². The van der Waals surface area contributed by atoms with Gasteiger partial charge in [-0.1, -0.05) is 48.4 Å². The Morgan fingerprint density at radius 1 is 0.947 bits per heavy atom. The number of benzene rings is 1. The average Bonchev–Trinajstić information content (AvgIpc) is 2.38. The molecule has 1 fully saturated rings. The maximum absolute atomic E-state index is 3.73. The Balaban J connectivity index is 2.00. The van der Waals surface area contributed by atoms with Crippen molar-refractivity contribution in [3.8, 4) is 0 Å². The molecule has 1 aromatic carbocycles. The van der Waals surface area contributed by atoms with Crippen molar-refractivity contribution in [1.82, 2.24) is 5.32 Å². The summed E-state index contributed by atoms with van der Waals surface area (Å²) in [6.07, 6.45) is 7.30. The van der Waals surface area contributed by atoms with Crippen molar-refractivity contribution >= 4 is 0 Å². The van der Waals surface area contributed by atoms with E-state index in [1.165, 1.54) is 35.1 Å². The Hall–Kier alpha value is -1.34. The SMILES string of the molecule is Cc1cc(C)cc(C2NCC(C)C3=CCCC=C32)c1. The Kier molecular flexibility index (Phi) is 3.32. The largest absolute Gasteiger partial charge is 0.306 e. The lowest BCUT2D eigenvalue weighted by Gasteiger charge is -2.36. The van der Waals surface area contributed by atoms with Crippen LogP contribution in [0, 0.1) is 19.8 Å². The molecule has 3 rings (SSSR count). The molecule has 1 heterocycles. The van der Waals surface area contributed by atoms with Crippen LogP contribution in [0.2, 0.25) is 0 Å². The average molecular weight is 253 g/mol. The Bertz CT molecular complexity index is 531. The predicted octanol–water partition coefficient (Wildman–Crippen LogP) is 4.23. The highest BCUT2D eigenvalue weighted by Gasteiger charge is 2.29. The third kappa shape index (κ3) is 2.40. The molecule has 0 bridgehead atoms. The quantitative estimate of drug-likeness (QED) is 0.789. The zero-order valence-corrected chi connectivity index (χ0v) is 12.2. The zero-order chi connectivity index (χ0) is 13.4. The van der Waals surface area contributed by atoms with E-state index in [0.717, 1.165) is 6.54 Å². The van der Waals surface area contributed by atoms with Gasteiger partial charge in [0.15, 0.2) is 0 Å². The number of hydrogen-bond acceptors (Lipinski definition) is 1. The molecule has 1 aromatic rings. The molecule has 0 saturated carbocycles. The number of rotatable bonds is 1. The summed E-state index contributed by atoms with van der Waals surface area (Å²) < 4.78 is 0. The normalized spacial score (nSPS) is 26.5. The van der Waals surface area contributed by atoms with Crippen molar-refractivity contribution in [2.24, 2.45) is 5.92 Å². The molecule has 1 aliphatic heterocycles. The topological polar surface area (TPSA) is 12.0 Å². The number of aryl methyl sites for hydroxylation is 2. The van der Waals surface area contributed by atoms with Crippen LogP contribution in [0.4, 0.5) is 0 Å². The molecule has 1 heteroatoms. The molecule has 1 saturated heterocycles. The van der Waals surface area contributed by atoms with E-state index in [4.69, 9.17) is 0 Å². The highest BCUT2D eigenvalue weighted by Crippen LogP contribution is 2.38. The van der Waals surface area contributed by atoms with E-state index in [-0.39, 0.29) is 0 Å². The summed E-state index contributed by atoms with van der Waals surface area (Å²) >= 11 is 0. The van der Waals surface area contributed by atoms with Gasteiger partial charge in [-0.2, -0.15) is 0 Å². The first-order valence-electron chi connectivity index (χ1n) is 7.37. The van der Waals surface area contributed by atoms with E-state index in [2.05, 4.69) is 56.4 Å². The first-order chi connectivity index (χ1) is 9.15. The van der Waals surface area contributed by atoms with Crippen LogP contribution in [0.15, 0.2) is 41.5 Å². The van der Waals surface area contributed by atoms with Crippen LogP contribution in [-0.2, 0) is 0 Å². The van der Waals surface area contributed by atoms with Gasteiger partial charge in [0.1, 0.15) is 0 Å². The zero-order valence-electron chi connectivity index (χ0n) is 12.2. The van der Waals surface area contributed by atoms with Crippen molar-refractivity contribution in [3.63, 3.8) is 0 Å². The van der Waals surface area contributed by atoms with Gasteiger partial charge in [-0.05, 0) is 49.3 Å². The van der Waals surface area contributed by atoms with Gasteiger partial charge in [0.05, 0.1) is 6.04 Å². The van der Waals surface area contributed by atoms with Crippen molar-refractivity contribution < 1.29 is 0 Å². The molecule has 0 amide bonds. The summed E-state index contributed by atoms with van der Waals surface area (Å²) in [4.78, 5) is 0. The van der Waals surface area contributed by atoms with E-state index >= 15 is 0 Å². The first kappa shape index (κ1) is 12.7. The molecule has 1 nitrogen and oxygen atoms in total. The van der Waals surface area contributed by atoms with Gasteiger partial charge in [0, 0.05) is 6.54 Å². The molecule has 0 spiro atoms. The summed E-state index contributed by atoms with van der Waals surface area (Å²) in [5.41, 5.74) is 7.24. The standard InChI is InChI=1S/C18H23N/c1-12-8-13(2)10-15(9-12)18-17-7-5-4-6-16(17)14(3)11-19-18/h6-10,14,18-19H,4-5,11H2,1-3H3. The number of allylic oxidation sites excluding steroid dienone is 2. The third-order valence-corrected chi connectivity index (χ3v) is 4.28. The fourth-order valence-corrected chi connectivity index (χ4v) is 3.47. The minimum absolute atomic E-state index is 0.390. The van der Waals surface area contributed by atoms with Crippen molar-refractivity contribution in [1.29, 1.82) is 0 Å². The summed E-state index contributed by atoms with van der Waals surface area (Å²) in [7, 11) is 0. The molecule has 2 unspecified atom stereocenters. The lowest BCUT2D eigenvalue weighted by molar-refractivity contribution is 0.472. The molecule has 100 valence electrons. The predicted molar refractivity (Wildman–Crippen MR) is 81.2 cm³/mol. The molecule has 1 aliphatic carbocycles. The van der Waals surface area contributed by atoms with E-state index in [1.807, 2.05) is 0 Å². The maximum atomic E-state index is 3.73. The molecular weight excluding hydrogens is 230 g/mol. The van der Waals surface area contributed by atoms with Crippen molar-refractivity contribution in [3.05, 3.63) is 58.2 Å². The fraction of sp³-hybridized carbons (Fsp3) is 0.444. The third-order valence-electron chi connectivity index (χ3n) is 4.28. The summed E-state index contributed by atoms with van der Waals surface area (Å²) in [5, 5.41) is 3.73. The summed E-state index contributed by atoms with van der Waals surface area (Å²) in [6.45, 7) is 7.79. The monoisotopic (exact) mass is 253 g/mol. The Morgan fingerprint density at radius 3 is 2.26 bits per heavy atom. The molecule has 0 radical (unpaired) electrons. The number of fused-ring (bicyclic) bond motifs is 1. The molecule has 2 atom stereocenters. The molecular formula is C18H23N. The smallest absolute Gasteiger partial charge is 0.0576 e. The van der Waals surface area contributed by atoms with Crippen molar-refractivity contribution in [2.45, 2.75) is 39.7 Å². The van der Waals surface area contributed by atoms with E-state index in [0.29, 0.717) is 12.0 Å². The lowest BCUT2D eigenvalue weighted by atomic mass is 9.79. The lowest BCUT2D eigenvalue weighted by Crippen LogP contribution is -2.36.